The summed E-state index contributed by atoms with van der Waals surface area (Å²) in [5.74, 6) is -0.268. The minimum absolute atomic E-state index is 0.0244. The molecule has 7 N–H and O–H groups in total. The molecule has 0 aliphatic carbocycles. The first-order valence-electron chi connectivity index (χ1n) is 14.1. The summed E-state index contributed by atoms with van der Waals surface area (Å²) in [5, 5.41) is 13.2. The molecule has 8 atom stereocenters. The fourth-order valence-corrected chi connectivity index (χ4v) is 7.04. The summed E-state index contributed by atoms with van der Waals surface area (Å²) < 4.78 is 66.4. The van der Waals surface area contributed by atoms with Gasteiger partial charge in [-0.25, -0.2) is 19.4 Å². The maximum absolute atomic E-state index is 14.2. The number of nitrogens with zero attached hydrogens (tertiary/aromatic N) is 5. The van der Waals surface area contributed by atoms with Crippen LogP contribution in [-0.2, 0) is 41.6 Å². The lowest BCUT2D eigenvalue weighted by molar-refractivity contribution is -0.343. The van der Waals surface area contributed by atoms with Gasteiger partial charge in [0.05, 0.1) is 40.1 Å². The summed E-state index contributed by atoms with van der Waals surface area (Å²) in [4.78, 5) is 61.5. The molecule has 0 radical (unpaired) electrons. The number of H-pyrrole nitrogens is 1. The van der Waals surface area contributed by atoms with Gasteiger partial charge in [0.15, 0.2) is 23.6 Å². The quantitative estimate of drug-likeness (QED) is 0.0757. The van der Waals surface area contributed by atoms with Crippen LogP contribution in [0.3, 0.4) is 0 Å². The average molecular weight is 722 g/mol. The van der Waals surface area contributed by atoms with Crippen molar-refractivity contribution in [2.24, 2.45) is 0 Å². The molecule has 0 unspecified atom stereocenters. The number of fused-ring (bicyclic) bond motifs is 1. The van der Waals surface area contributed by atoms with E-state index in [1.54, 1.807) is 0 Å². The molecule has 23 nitrogen and oxygen atoms in total. The Morgan fingerprint density at radius 1 is 1.10 bits per heavy atom. The van der Waals surface area contributed by atoms with Crippen LogP contribution in [0.1, 0.15) is 18.9 Å². The van der Waals surface area contributed by atoms with Crippen LogP contribution in [0, 0.1) is 0 Å². The summed E-state index contributed by atoms with van der Waals surface area (Å²) in [6, 6.07) is 1.35. The lowest BCUT2D eigenvalue weighted by atomic mass is 10.1. The van der Waals surface area contributed by atoms with Crippen LogP contribution >= 0.6 is 15.6 Å². The molecule has 25 heteroatoms. The Labute approximate surface area is 270 Å². The Hall–Kier alpha value is -3.15. The number of nitrogen functional groups attached to an aromatic ring is 2. The predicted octanol–water partition coefficient (Wildman–Crippen LogP) is -3.31. The van der Waals surface area contributed by atoms with Crippen molar-refractivity contribution in [3.05, 3.63) is 39.4 Å². The van der Waals surface area contributed by atoms with Crippen LogP contribution in [0.4, 0.5) is 11.8 Å². The van der Waals surface area contributed by atoms with Gasteiger partial charge in [-0.15, -0.1) is 0 Å². The number of hydrogen-bond donors (Lipinski definition) is 5. The molecule has 3 aromatic rings. The number of nitrogens with one attached hydrogen (secondary N) is 2. The van der Waals surface area contributed by atoms with Crippen LogP contribution in [0.25, 0.3) is 11.2 Å². The van der Waals surface area contributed by atoms with E-state index in [4.69, 9.17) is 39.5 Å². The maximum Gasteiger partial charge on any atom is 0.406 e. The van der Waals surface area contributed by atoms with Crippen LogP contribution in [-0.4, -0.2) is 105 Å². The molecule has 0 aromatic carbocycles. The SMILES string of the molecule is COCCN[P@](=O)(OC[C@@H]1C[C@@H](O)[C@H](n2ccc(N)nc2=O)O1)O[C@H]1[C@@H](OC)[C@H](n2cnc3c(=O)[nH]c(N)nc32)O[C@@H]1COP(=O)([O-])[O-]. The number of imidazole rings is 1. The van der Waals surface area contributed by atoms with Gasteiger partial charge in [0.2, 0.25) is 5.95 Å². The van der Waals surface area contributed by atoms with E-state index in [0.717, 1.165) is 4.57 Å². The number of rotatable bonds is 15. The standard InChI is InChI=1S/C23H35N9O14P2/c1-40-6-4-27-47(36,42-8-11-7-12(33)20(44-11)31-5-3-14(24)28-23(31)35)46-16-13(9-43-48(37,38)39)45-21(17(16)41-2)32-10-26-15-18(32)29-22(25)30-19(15)34/h3,5,10-13,16-17,20-21,33H,4,6-9H2,1-2H3,(H,27,36)(H2,24,28,35)(H2,37,38,39)(H3,25,29,30,34)/p-2/t11-,12+,13+,16+,17+,20+,21+,47-/m0/s1. The van der Waals surface area contributed by atoms with E-state index in [-0.39, 0.29) is 42.5 Å². The number of anilines is 2. The van der Waals surface area contributed by atoms with Crippen molar-refractivity contribution in [1.29, 1.82) is 0 Å². The molecular weight excluding hydrogens is 688 g/mol. The summed E-state index contributed by atoms with van der Waals surface area (Å²) in [6.07, 6.45) is -6.20. The highest BCUT2D eigenvalue weighted by molar-refractivity contribution is 7.51. The lowest BCUT2D eigenvalue weighted by Crippen LogP contribution is -2.39. The van der Waals surface area contributed by atoms with Crippen LogP contribution in [0.15, 0.2) is 28.2 Å². The Morgan fingerprint density at radius 3 is 2.56 bits per heavy atom. The van der Waals surface area contributed by atoms with E-state index in [1.165, 1.54) is 37.4 Å². The largest absolute Gasteiger partial charge is 0.790 e. The van der Waals surface area contributed by atoms with E-state index in [9.17, 15) is 33.6 Å². The summed E-state index contributed by atoms with van der Waals surface area (Å²) >= 11 is 0. The van der Waals surface area contributed by atoms with Gasteiger partial charge in [-0.1, -0.05) is 0 Å². The molecule has 0 amide bonds. The molecule has 2 saturated heterocycles. The smallest absolute Gasteiger partial charge is 0.406 e. The lowest BCUT2D eigenvalue weighted by Gasteiger charge is -2.32. The third-order valence-corrected chi connectivity index (χ3v) is 9.36. The Bertz CT molecular complexity index is 1800. The molecule has 5 heterocycles. The van der Waals surface area contributed by atoms with E-state index in [2.05, 4.69) is 29.5 Å². The van der Waals surface area contributed by atoms with Crippen molar-refractivity contribution in [2.45, 2.75) is 49.4 Å². The van der Waals surface area contributed by atoms with Crippen molar-refractivity contribution in [3.63, 3.8) is 0 Å². The van der Waals surface area contributed by atoms with Crippen molar-refractivity contribution >= 4 is 38.5 Å². The molecule has 0 spiro atoms. The zero-order valence-electron chi connectivity index (χ0n) is 25.3. The predicted molar refractivity (Wildman–Crippen MR) is 157 cm³/mol. The van der Waals surface area contributed by atoms with Gasteiger partial charge in [0.1, 0.15) is 30.2 Å². The highest BCUT2D eigenvalue weighted by Crippen LogP contribution is 2.50. The minimum Gasteiger partial charge on any atom is -0.790 e. The first-order valence-corrected chi connectivity index (χ1v) is 17.1. The van der Waals surface area contributed by atoms with Crippen molar-refractivity contribution in [3.8, 4) is 0 Å². The fourth-order valence-electron chi connectivity index (χ4n) is 5.18. The van der Waals surface area contributed by atoms with Crippen molar-refractivity contribution < 1.29 is 56.5 Å². The average Bonchev–Trinajstić information content (AvgIpc) is 3.69. The molecule has 0 bridgehead atoms. The molecule has 0 saturated carbocycles. The normalized spacial score (nSPS) is 27.5. The van der Waals surface area contributed by atoms with Gasteiger partial charge in [0.25, 0.3) is 5.56 Å². The van der Waals surface area contributed by atoms with E-state index < -0.39 is 83.0 Å². The molecule has 2 fully saturated rings. The second-order valence-electron chi connectivity index (χ2n) is 10.5. The number of aliphatic hydroxyl groups excluding tert-OH is 1. The number of phosphoric ester groups is 1. The third kappa shape index (κ3) is 8.17. The second-order valence-corrected chi connectivity index (χ2v) is 13.5. The summed E-state index contributed by atoms with van der Waals surface area (Å²) in [5.41, 5.74) is 9.67. The molecule has 266 valence electrons. The minimum atomic E-state index is -5.53. The first-order chi connectivity index (χ1) is 22.7. The number of hydrogen-bond acceptors (Lipinski definition) is 19. The van der Waals surface area contributed by atoms with Crippen molar-refractivity contribution in [2.75, 3.05) is 52.1 Å². The highest BCUT2D eigenvalue weighted by Gasteiger charge is 2.51. The van der Waals surface area contributed by atoms with Gasteiger partial charge in [0, 0.05) is 33.4 Å². The number of ether oxygens (including phenoxy) is 4. The number of methoxy groups -OCH3 is 2. The van der Waals surface area contributed by atoms with E-state index >= 15 is 0 Å². The van der Waals surface area contributed by atoms with Gasteiger partial charge in [-0.05, 0) is 6.07 Å². The number of aliphatic hydroxyl groups is 1. The zero-order chi connectivity index (χ0) is 34.8. The number of aromatic amines is 1. The van der Waals surface area contributed by atoms with Crippen LogP contribution in [0.2, 0.25) is 0 Å². The second kappa shape index (κ2) is 14.8. The summed E-state index contributed by atoms with van der Waals surface area (Å²) in [7, 11) is -7.33. The zero-order valence-corrected chi connectivity index (χ0v) is 27.1. The van der Waals surface area contributed by atoms with E-state index in [0.29, 0.717) is 0 Å². The number of aromatic nitrogens is 6. The molecule has 2 aliphatic rings. The fraction of sp³-hybridized carbons (Fsp3) is 0.609. The summed E-state index contributed by atoms with van der Waals surface area (Å²) in [6.45, 7) is -1.35. The van der Waals surface area contributed by atoms with Gasteiger partial charge >= 0.3 is 13.4 Å². The van der Waals surface area contributed by atoms with Crippen molar-refractivity contribution in [1.82, 2.24) is 34.2 Å². The van der Waals surface area contributed by atoms with Crippen LogP contribution < -0.4 is 37.6 Å². The monoisotopic (exact) mass is 721 g/mol. The van der Waals surface area contributed by atoms with Gasteiger partial charge in [-0.2, -0.15) is 9.97 Å². The highest BCUT2D eigenvalue weighted by atomic mass is 31.2. The van der Waals surface area contributed by atoms with Gasteiger partial charge in [-0.3, -0.25) is 28.0 Å². The maximum atomic E-state index is 14.2. The molecule has 2 aliphatic heterocycles. The number of nitrogens with two attached hydrogens (primary N) is 2. The Kier molecular flexibility index (Phi) is 11.1. The molecule has 5 rings (SSSR count). The number of phosphoric acid groups is 1. The van der Waals surface area contributed by atoms with Crippen LogP contribution in [0.5, 0.6) is 0 Å². The topological polar surface area (TPSA) is 328 Å². The third-order valence-electron chi connectivity index (χ3n) is 7.27. The Balaban J connectivity index is 1.40. The first kappa shape index (κ1) is 36.1. The van der Waals surface area contributed by atoms with E-state index in [1.807, 2.05) is 0 Å². The van der Waals surface area contributed by atoms with Gasteiger partial charge < -0.3 is 54.4 Å². The Morgan fingerprint density at radius 2 is 1.88 bits per heavy atom. The molecule has 48 heavy (non-hydrogen) atoms. The molecular formula is C23H33N9O14P2-2. The molecule has 3 aromatic heterocycles.